The zero-order chi connectivity index (χ0) is 13.6. The second kappa shape index (κ2) is 4.65. The van der Waals surface area contributed by atoms with Crippen LogP contribution in [0.4, 0.5) is 5.82 Å². The van der Waals surface area contributed by atoms with Crippen molar-refractivity contribution in [1.29, 1.82) is 0 Å². The second-order valence-electron chi connectivity index (χ2n) is 4.88. The maximum Gasteiger partial charge on any atom is 0.224 e. The summed E-state index contributed by atoms with van der Waals surface area (Å²) in [6.07, 6.45) is 6.54. The molecule has 0 saturated heterocycles. The first-order chi connectivity index (χ1) is 9.06. The minimum atomic E-state index is -0.300. The Labute approximate surface area is 120 Å². The Hall–Kier alpha value is -1.33. The molecule has 0 radical (unpaired) electrons. The van der Waals surface area contributed by atoms with Crippen molar-refractivity contribution in [3.05, 3.63) is 28.7 Å². The number of amides is 1. The molecule has 2 aliphatic rings. The Morgan fingerprint density at radius 3 is 2.84 bits per heavy atom. The number of allylic oxidation sites excluding steroid dienone is 1. The Balaban J connectivity index is 1.88. The Morgan fingerprint density at radius 2 is 2.11 bits per heavy atom. The molecule has 3 rings (SSSR count). The first-order valence-electron chi connectivity index (χ1n) is 5.98. The van der Waals surface area contributed by atoms with Crippen LogP contribution < -0.4 is 11.1 Å². The number of carbonyl (C=O) groups is 1. The van der Waals surface area contributed by atoms with Gasteiger partial charge in [-0.1, -0.05) is 23.8 Å². The summed E-state index contributed by atoms with van der Waals surface area (Å²) in [5.74, 6) is 0.382. The molecule has 100 valence electrons. The fourth-order valence-electron chi connectivity index (χ4n) is 3.01. The van der Waals surface area contributed by atoms with Crippen molar-refractivity contribution in [2.75, 3.05) is 5.32 Å². The third kappa shape index (κ3) is 2.17. The average Bonchev–Trinajstić information content (AvgIpc) is 2.94. The SMILES string of the molecule is NC(=O)C1C(Nc2nc(Cl)ncc2Cl)[C@@H]2C=C[C@H]1C2. The third-order valence-electron chi connectivity index (χ3n) is 3.81. The number of fused-ring (bicyclic) bond motifs is 2. The molecule has 2 unspecified atom stereocenters. The average molecular weight is 299 g/mol. The molecule has 1 saturated carbocycles. The van der Waals surface area contributed by atoms with Gasteiger partial charge in [-0.25, -0.2) is 4.98 Å². The van der Waals surface area contributed by atoms with E-state index in [0.717, 1.165) is 6.42 Å². The van der Waals surface area contributed by atoms with Gasteiger partial charge in [-0.2, -0.15) is 4.98 Å². The molecule has 0 aliphatic heterocycles. The third-order valence-corrected chi connectivity index (χ3v) is 4.26. The van der Waals surface area contributed by atoms with E-state index in [1.165, 1.54) is 6.20 Å². The van der Waals surface area contributed by atoms with Gasteiger partial charge in [0, 0.05) is 6.04 Å². The minimum absolute atomic E-state index is 0.0871. The normalized spacial score (nSPS) is 31.7. The summed E-state index contributed by atoms with van der Waals surface area (Å²) in [4.78, 5) is 19.4. The van der Waals surface area contributed by atoms with Gasteiger partial charge in [-0.05, 0) is 29.9 Å². The van der Waals surface area contributed by atoms with Gasteiger partial charge in [0.1, 0.15) is 10.8 Å². The summed E-state index contributed by atoms with van der Waals surface area (Å²) in [7, 11) is 0. The number of nitrogens with zero attached hydrogens (tertiary/aromatic N) is 2. The zero-order valence-corrected chi connectivity index (χ0v) is 11.4. The molecule has 1 heterocycles. The smallest absolute Gasteiger partial charge is 0.224 e. The number of nitrogens with one attached hydrogen (secondary N) is 1. The van der Waals surface area contributed by atoms with Crippen molar-refractivity contribution in [2.45, 2.75) is 12.5 Å². The number of hydrogen-bond acceptors (Lipinski definition) is 4. The number of carbonyl (C=O) groups excluding carboxylic acids is 1. The van der Waals surface area contributed by atoms with E-state index in [-0.39, 0.29) is 35.0 Å². The van der Waals surface area contributed by atoms with E-state index >= 15 is 0 Å². The van der Waals surface area contributed by atoms with E-state index in [1.807, 2.05) is 0 Å². The van der Waals surface area contributed by atoms with E-state index in [0.29, 0.717) is 10.8 Å². The van der Waals surface area contributed by atoms with Gasteiger partial charge >= 0.3 is 0 Å². The fraction of sp³-hybridized carbons (Fsp3) is 0.417. The molecule has 1 aromatic heterocycles. The van der Waals surface area contributed by atoms with Crippen LogP contribution in [0.2, 0.25) is 10.3 Å². The van der Waals surface area contributed by atoms with Gasteiger partial charge < -0.3 is 11.1 Å². The van der Waals surface area contributed by atoms with Crippen molar-refractivity contribution in [3.8, 4) is 0 Å². The number of halogens is 2. The molecule has 2 bridgehead atoms. The van der Waals surface area contributed by atoms with Gasteiger partial charge in [-0.15, -0.1) is 0 Å². The summed E-state index contributed by atoms with van der Waals surface area (Å²) in [6, 6.07) is -0.0871. The second-order valence-corrected chi connectivity index (χ2v) is 5.63. The predicted octanol–water partition coefficient (Wildman–Crippen LogP) is 1.87. The molecule has 0 spiro atoms. The lowest BCUT2D eigenvalue weighted by molar-refractivity contribution is -0.122. The van der Waals surface area contributed by atoms with Crippen LogP contribution in [0.25, 0.3) is 0 Å². The Bertz CT molecular complexity index is 563. The summed E-state index contributed by atoms with van der Waals surface area (Å²) in [5, 5.41) is 3.68. The monoisotopic (exact) mass is 298 g/mol. The van der Waals surface area contributed by atoms with Crippen molar-refractivity contribution < 1.29 is 4.79 Å². The van der Waals surface area contributed by atoms with Gasteiger partial charge in [-0.3, -0.25) is 4.79 Å². The van der Waals surface area contributed by atoms with Crippen molar-refractivity contribution >= 4 is 34.9 Å². The Morgan fingerprint density at radius 1 is 1.37 bits per heavy atom. The lowest BCUT2D eigenvalue weighted by Gasteiger charge is -2.27. The first-order valence-corrected chi connectivity index (χ1v) is 6.74. The van der Waals surface area contributed by atoms with E-state index in [9.17, 15) is 4.79 Å². The van der Waals surface area contributed by atoms with Crippen LogP contribution in [-0.4, -0.2) is 21.9 Å². The largest absolute Gasteiger partial charge is 0.369 e. The number of primary amides is 1. The van der Waals surface area contributed by atoms with E-state index < -0.39 is 0 Å². The van der Waals surface area contributed by atoms with E-state index in [2.05, 4.69) is 27.4 Å². The molecule has 2 aliphatic carbocycles. The van der Waals surface area contributed by atoms with Gasteiger partial charge in [0.05, 0.1) is 12.1 Å². The minimum Gasteiger partial charge on any atom is -0.369 e. The summed E-state index contributed by atoms with van der Waals surface area (Å²) < 4.78 is 0. The highest BCUT2D eigenvalue weighted by molar-refractivity contribution is 6.33. The highest BCUT2D eigenvalue weighted by Gasteiger charge is 2.47. The molecule has 4 atom stereocenters. The molecule has 1 aromatic rings. The fourth-order valence-corrected chi connectivity index (χ4v) is 3.29. The molecule has 5 nitrogen and oxygen atoms in total. The van der Waals surface area contributed by atoms with Crippen LogP contribution >= 0.6 is 23.2 Å². The van der Waals surface area contributed by atoms with Crippen LogP contribution in [0, 0.1) is 17.8 Å². The van der Waals surface area contributed by atoms with Crippen molar-refractivity contribution in [2.24, 2.45) is 23.5 Å². The van der Waals surface area contributed by atoms with Crippen LogP contribution in [0.1, 0.15) is 6.42 Å². The first kappa shape index (κ1) is 12.7. The van der Waals surface area contributed by atoms with Crippen LogP contribution in [-0.2, 0) is 4.79 Å². The van der Waals surface area contributed by atoms with Gasteiger partial charge in [0.25, 0.3) is 0 Å². The maximum atomic E-state index is 11.6. The Kier molecular flexibility index (Phi) is 3.11. The molecule has 7 heteroatoms. The highest BCUT2D eigenvalue weighted by atomic mass is 35.5. The number of hydrogen-bond donors (Lipinski definition) is 2. The number of rotatable bonds is 3. The van der Waals surface area contributed by atoms with Gasteiger partial charge in [0.2, 0.25) is 11.2 Å². The summed E-state index contributed by atoms with van der Waals surface area (Å²) in [5.41, 5.74) is 5.49. The highest BCUT2D eigenvalue weighted by Crippen LogP contribution is 2.45. The standard InChI is InChI=1S/C12H12Cl2N4O/c13-7-4-16-12(14)18-11(7)17-9-6-2-1-5(3-6)8(9)10(15)19/h1-2,4-6,8-9H,3H2,(H2,15,19)(H,16,17,18)/t5-,6+,8?,9?/m0/s1. The summed E-state index contributed by atoms with van der Waals surface area (Å²) in [6.45, 7) is 0. The van der Waals surface area contributed by atoms with Crippen LogP contribution in [0.3, 0.4) is 0 Å². The molecule has 19 heavy (non-hydrogen) atoms. The van der Waals surface area contributed by atoms with E-state index in [4.69, 9.17) is 28.9 Å². The lowest BCUT2D eigenvalue weighted by atomic mass is 9.88. The topological polar surface area (TPSA) is 80.9 Å². The lowest BCUT2D eigenvalue weighted by Crippen LogP contribution is -2.41. The maximum absolute atomic E-state index is 11.6. The quantitative estimate of drug-likeness (QED) is 0.659. The molecule has 1 amide bonds. The number of nitrogens with two attached hydrogens (primary N) is 1. The molecule has 3 N–H and O–H groups in total. The molecule has 1 fully saturated rings. The van der Waals surface area contributed by atoms with Crippen molar-refractivity contribution in [3.63, 3.8) is 0 Å². The molecular formula is C12H12Cl2N4O. The van der Waals surface area contributed by atoms with Gasteiger partial charge in [0.15, 0.2) is 0 Å². The van der Waals surface area contributed by atoms with Crippen molar-refractivity contribution in [1.82, 2.24) is 9.97 Å². The molecular weight excluding hydrogens is 287 g/mol. The molecule has 0 aromatic carbocycles. The van der Waals surface area contributed by atoms with E-state index in [1.54, 1.807) is 0 Å². The van der Waals surface area contributed by atoms with Crippen LogP contribution in [0.15, 0.2) is 18.3 Å². The summed E-state index contributed by atoms with van der Waals surface area (Å²) >= 11 is 11.8. The number of aromatic nitrogens is 2. The van der Waals surface area contributed by atoms with Crippen LogP contribution in [0.5, 0.6) is 0 Å². The predicted molar refractivity (Wildman–Crippen MR) is 72.9 cm³/mol. The number of anilines is 1. The zero-order valence-electron chi connectivity index (χ0n) is 9.88.